The van der Waals surface area contributed by atoms with E-state index >= 15 is 0 Å². The molecule has 0 aliphatic heterocycles. The zero-order valence-corrected chi connectivity index (χ0v) is 14.2. The molecule has 2 aromatic rings. The lowest BCUT2D eigenvalue weighted by Crippen LogP contribution is -2.31. The number of ether oxygens (including phenoxy) is 1. The van der Waals surface area contributed by atoms with Crippen molar-refractivity contribution in [2.24, 2.45) is 0 Å². The third kappa shape index (κ3) is 5.62. The molecular formula is C18H19NO4S. The Hall–Kier alpha value is -2.47. The number of thiophene rings is 1. The van der Waals surface area contributed by atoms with Gasteiger partial charge in [-0.05, 0) is 23.9 Å². The molecule has 0 aliphatic rings. The van der Waals surface area contributed by atoms with Crippen molar-refractivity contribution in [2.45, 2.75) is 25.8 Å². The third-order valence-corrected chi connectivity index (χ3v) is 4.30. The summed E-state index contributed by atoms with van der Waals surface area (Å²) in [7, 11) is 0. The van der Waals surface area contributed by atoms with Crippen LogP contribution in [0.1, 0.15) is 41.0 Å². The van der Waals surface area contributed by atoms with Crippen LogP contribution in [0.2, 0.25) is 0 Å². The number of ketones is 1. The monoisotopic (exact) mass is 345 g/mol. The van der Waals surface area contributed by atoms with E-state index in [0.29, 0.717) is 4.88 Å². The van der Waals surface area contributed by atoms with Gasteiger partial charge in [-0.25, -0.2) is 0 Å². The zero-order valence-electron chi connectivity index (χ0n) is 13.4. The second kappa shape index (κ2) is 8.98. The van der Waals surface area contributed by atoms with E-state index < -0.39 is 5.97 Å². The minimum Gasteiger partial charge on any atom is -0.456 e. The van der Waals surface area contributed by atoms with Crippen LogP contribution in [0.5, 0.6) is 0 Å². The molecule has 1 aromatic heterocycles. The number of nitrogens with one attached hydrogen (secondary N) is 1. The highest BCUT2D eigenvalue weighted by molar-refractivity contribution is 7.12. The van der Waals surface area contributed by atoms with Crippen LogP contribution in [0.3, 0.4) is 0 Å². The number of carbonyl (C=O) groups excluding carboxylic acids is 3. The van der Waals surface area contributed by atoms with E-state index in [2.05, 4.69) is 5.32 Å². The average Bonchev–Trinajstić information content (AvgIpc) is 3.13. The molecule has 6 heteroatoms. The summed E-state index contributed by atoms with van der Waals surface area (Å²) in [6.07, 6.45) is 0.0552. The number of hydrogen-bond donors (Lipinski definition) is 1. The SMILES string of the molecule is C[C@@H](NC(=O)COC(=O)CCC(=O)c1cccs1)c1ccccc1. The van der Waals surface area contributed by atoms with Crippen molar-refractivity contribution in [1.29, 1.82) is 0 Å². The normalized spacial score (nSPS) is 11.5. The summed E-state index contributed by atoms with van der Waals surface area (Å²) >= 11 is 1.34. The van der Waals surface area contributed by atoms with Crippen molar-refractivity contribution >= 4 is 29.0 Å². The fraction of sp³-hybridized carbons (Fsp3) is 0.278. The highest BCUT2D eigenvalue weighted by atomic mass is 32.1. The molecule has 126 valence electrons. The molecule has 1 atom stereocenters. The second-order valence-electron chi connectivity index (χ2n) is 5.26. The number of carbonyl (C=O) groups is 3. The van der Waals surface area contributed by atoms with E-state index in [1.54, 1.807) is 12.1 Å². The lowest BCUT2D eigenvalue weighted by molar-refractivity contribution is -0.148. The largest absolute Gasteiger partial charge is 0.456 e. The fourth-order valence-electron chi connectivity index (χ4n) is 2.10. The molecule has 0 saturated heterocycles. The van der Waals surface area contributed by atoms with E-state index in [-0.39, 0.29) is 37.2 Å². The molecule has 0 fully saturated rings. The summed E-state index contributed by atoms with van der Waals surface area (Å²) < 4.78 is 4.91. The number of benzene rings is 1. The first-order chi connectivity index (χ1) is 11.6. The van der Waals surface area contributed by atoms with Crippen LogP contribution in [0.15, 0.2) is 47.8 Å². The summed E-state index contributed by atoms with van der Waals surface area (Å²) in [6, 6.07) is 12.8. The minimum absolute atomic E-state index is 0.0295. The van der Waals surface area contributed by atoms with Crippen LogP contribution < -0.4 is 5.32 Å². The van der Waals surface area contributed by atoms with Gasteiger partial charge < -0.3 is 10.1 Å². The number of Topliss-reactive ketones (excluding diaryl/α,β-unsaturated/α-hetero) is 1. The maximum absolute atomic E-state index is 11.8. The molecule has 0 spiro atoms. The van der Waals surface area contributed by atoms with Crippen molar-refractivity contribution in [2.75, 3.05) is 6.61 Å². The molecule has 2 rings (SSSR count). The Morgan fingerprint density at radius 3 is 2.50 bits per heavy atom. The van der Waals surface area contributed by atoms with Gasteiger partial charge in [0.1, 0.15) is 0 Å². The smallest absolute Gasteiger partial charge is 0.306 e. The first-order valence-electron chi connectivity index (χ1n) is 7.63. The summed E-state index contributed by atoms with van der Waals surface area (Å²) in [5, 5.41) is 4.57. The Kier molecular flexibility index (Phi) is 6.69. The Bertz CT molecular complexity index is 682. The topological polar surface area (TPSA) is 72.5 Å². The Balaban J connectivity index is 1.67. The lowest BCUT2D eigenvalue weighted by atomic mass is 10.1. The number of amides is 1. The first-order valence-corrected chi connectivity index (χ1v) is 8.51. The van der Waals surface area contributed by atoms with Gasteiger partial charge in [0.2, 0.25) is 0 Å². The van der Waals surface area contributed by atoms with Crippen LogP contribution >= 0.6 is 11.3 Å². The molecule has 0 radical (unpaired) electrons. The molecular weight excluding hydrogens is 326 g/mol. The van der Waals surface area contributed by atoms with Crippen molar-refractivity contribution < 1.29 is 19.1 Å². The lowest BCUT2D eigenvalue weighted by Gasteiger charge is -2.14. The van der Waals surface area contributed by atoms with E-state index in [1.807, 2.05) is 42.6 Å². The summed E-state index contributed by atoms with van der Waals surface area (Å²) in [5.41, 5.74) is 0.971. The van der Waals surface area contributed by atoms with E-state index in [9.17, 15) is 14.4 Å². The highest BCUT2D eigenvalue weighted by Crippen LogP contribution is 2.13. The summed E-state index contributed by atoms with van der Waals surface area (Å²) in [4.78, 5) is 35.8. The van der Waals surface area contributed by atoms with Crippen LogP contribution in [0.4, 0.5) is 0 Å². The molecule has 0 bridgehead atoms. The Labute approximate surface area is 144 Å². The van der Waals surface area contributed by atoms with Crippen molar-refractivity contribution in [3.05, 3.63) is 58.3 Å². The van der Waals surface area contributed by atoms with Gasteiger partial charge in [-0.1, -0.05) is 36.4 Å². The number of rotatable bonds is 8. The predicted octanol–water partition coefficient (Wildman–Crippen LogP) is 3.13. The first kappa shape index (κ1) is 17.9. The van der Waals surface area contributed by atoms with Gasteiger partial charge in [-0.15, -0.1) is 11.3 Å². The zero-order chi connectivity index (χ0) is 17.4. The number of hydrogen-bond acceptors (Lipinski definition) is 5. The minimum atomic E-state index is -0.553. The van der Waals surface area contributed by atoms with Gasteiger partial charge in [0, 0.05) is 6.42 Å². The molecule has 1 aromatic carbocycles. The van der Waals surface area contributed by atoms with Gasteiger partial charge in [0.25, 0.3) is 5.91 Å². The predicted molar refractivity (Wildman–Crippen MR) is 91.8 cm³/mol. The van der Waals surface area contributed by atoms with E-state index in [4.69, 9.17) is 4.74 Å². The van der Waals surface area contributed by atoms with E-state index in [0.717, 1.165) is 5.56 Å². The van der Waals surface area contributed by atoms with Crippen LogP contribution in [0, 0.1) is 0 Å². The van der Waals surface area contributed by atoms with Crippen molar-refractivity contribution in [3.8, 4) is 0 Å². The Morgan fingerprint density at radius 1 is 1.08 bits per heavy atom. The standard InChI is InChI=1S/C18H19NO4S/c1-13(14-6-3-2-4-7-14)19-17(21)12-23-18(22)10-9-15(20)16-8-5-11-24-16/h2-8,11,13H,9-10,12H2,1H3,(H,19,21)/t13-/m1/s1. The molecule has 1 amide bonds. The van der Waals surface area contributed by atoms with E-state index in [1.165, 1.54) is 11.3 Å². The molecule has 24 heavy (non-hydrogen) atoms. The molecule has 0 aliphatic carbocycles. The van der Waals surface area contributed by atoms with Gasteiger partial charge in [0.05, 0.1) is 17.3 Å². The quantitative estimate of drug-likeness (QED) is 0.589. The molecule has 0 saturated carbocycles. The van der Waals surface area contributed by atoms with Gasteiger partial charge in [-0.2, -0.15) is 0 Å². The Morgan fingerprint density at radius 2 is 1.83 bits per heavy atom. The van der Waals surface area contributed by atoms with Gasteiger partial charge >= 0.3 is 5.97 Å². The average molecular weight is 345 g/mol. The highest BCUT2D eigenvalue weighted by Gasteiger charge is 2.14. The van der Waals surface area contributed by atoms with Gasteiger partial charge in [0.15, 0.2) is 12.4 Å². The molecule has 5 nitrogen and oxygen atoms in total. The fourth-order valence-corrected chi connectivity index (χ4v) is 2.80. The van der Waals surface area contributed by atoms with Crippen LogP contribution in [-0.4, -0.2) is 24.3 Å². The molecule has 1 heterocycles. The summed E-state index contributed by atoms with van der Waals surface area (Å²) in [6.45, 7) is 1.51. The van der Waals surface area contributed by atoms with Crippen LogP contribution in [-0.2, 0) is 14.3 Å². The van der Waals surface area contributed by atoms with Crippen molar-refractivity contribution in [3.63, 3.8) is 0 Å². The third-order valence-electron chi connectivity index (χ3n) is 3.39. The molecule has 0 unspecified atom stereocenters. The van der Waals surface area contributed by atoms with Gasteiger partial charge in [-0.3, -0.25) is 14.4 Å². The van der Waals surface area contributed by atoms with Crippen LogP contribution in [0.25, 0.3) is 0 Å². The number of esters is 1. The summed E-state index contributed by atoms with van der Waals surface area (Å²) in [5.74, 6) is -1.02. The maximum Gasteiger partial charge on any atom is 0.306 e. The van der Waals surface area contributed by atoms with Crippen molar-refractivity contribution in [1.82, 2.24) is 5.32 Å². The maximum atomic E-state index is 11.8. The second-order valence-corrected chi connectivity index (χ2v) is 6.21. The molecule has 1 N–H and O–H groups in total.